The molecule has 18 heavy (non-hydrogen) atoms. The maximum Gasteiger partial charge on any atom is 0.148 e. The molecule has 0 aromatic carbocycles. The van der Waals surface area contributed by atoms with Crippen molar-refractivity contribution in [1.29, 1.82) is 0 Å². The van der Waals surface area contributed by atoms with Gasteiger partial charge in [0.1, 0.15) is 17.5 Å². The number of hydrazine groups is 1. The SMILES string of the molecule is CCc1nc(NN)c(C)c(N2CC(C)C(C)C2)n1. The third-order valence-corrected chi connectivity index (χ3v) is 3.91. The summed E-state index contributed by atoms with van der Waals surface area (Å²) in [5, 5.41) is 0. The number of nitrogen functional groups attached to an aromatic ring is 1. The van der Waals surface area contributed by atoms with Crippen LogP contribution in [0, 0.1) is 18.8 Å². The van der Waals surface area contributed by atoms with Crippen molar-refractivity contribution < 1.29 is 0 Å². The van der Waals surface area contributed by atoms with E-state index < -0.39 is 0 Å². The Morgan fingerprint density at radius 1 is 1.28 bits per heavy atom. The standard InChI is InChI=1S/C13H23N5/c1-5-11-15-12(17-14)10(4)13(16-11)18-6-8(2)9(3)7-18/h8-9H,5-7,14H2,1-4H3,(H,15,16,17). The second-order valence-electron chi connectivity index (χ2n) is 5.29. The second-order valence-corrected chi connectivity index (χ2v) is 5.29. The van der Waals surface area contributed by atoms with Gasteiger partial charge >= 0.3 is 0 Å². The van der Waals surface area contributed by atoms with Crippen molar-refractivity contribution in [3.63, 3.8) is 0 Å². The van der Waals surface area contributed by atoms with E-state index in [9.17, 15) is 0 Å². The number of anilines is 2. The van der Waals surface area contributed by atoms with Gasteiger partial charge in [0.2, 0.25) is 0 Å². The van der Waals surface area contributed by atoms with Crippen LogP contribution in [0.2, 0.25) is 0 Å². The highest BCUT2D eigenvalue weighted by atomic mass is 15.3. The van der Waals surface area contributed by atoms with Crippen molar-refractivity contribution in [3.8, 4) is 0 Å². The molecule has 0 bridgehead atoms. The van der Waals surface area contributed by atoms with E-state index in [2.05, 4.69) is 41.1 Å². The van der Waals surface area contributed by atoms with E-state index in [4.69, 9.17) is 5.84 Å². The van der Waals surface area contributed by atoms with Crippen LogP contribution in [0.15, 0.2) is 0 Å². The van der Waals surface area contributed by atoms with Crippen molar-refractivity contribution in [1.82, 2.24) is 9.97 Å². The Balaban J connectivity index is 2.37. The fourth-order valence-corrected chi connectivity index (χ4v) is 2.46. The van der Waals surface area contributed by atoms with E-state index in [1.54, 1.807) is 0 Å². The van der Waals surface area contributed by atoms with Gasteiger partial charge in [0, 0.05) is 25.1 Å². The Labute approximate surface area is 109 Å². The third kappa shape index (κ3) is 2.27. The molecule has 1 aromatic rings. The minimum atomic E-state index is 0.707. The number of hydrogen-bond acceptors (Lipinski definition) is 5. The first kappa shape index (κ1) is 13.1. The molecular weight excluding hydrogens is 226 g/mol. The molecule has 2 heterocycles. The fraction of sp³-hybridized carbons (Fsp3) is 0.692. The number of nitrogens with zero attached hydrogens (tertiary/aromatic N) is 3. The van der Waals surface area contributed by atoms with Crippen LogP contribution in [-0.4, -0.2) is 23.1 Å². The molecule has 1 aliphatic heterocycles. The largest absolute Gasteiger partial charge is 0.356 e. The lowest BCUT2D eigenvalue weighted by Gasteiger charge is -2.21. The number of aryl methyl sites for hydroxylation is 1. The quantitative estimate of drug-likeness (QED) is 0.631. The van der Waals surface area contributed by atoms with E-state index in [-0.39, 0.29) is 0 Å². The van der Waals surface area contributed by atoms with Crippen LogP contribution in [0.4, 0.5) is 11.6 Å². The molecule has 5 nitrogen and oxygen atoms in total. The van der Waals surface area contributed by atoms with Gasteiger partial charge in [-0.3, -0.25) is 0 Å². The summed E-state index contributed by atoms with van der Waals surface area (Å²) in [5.41, 5.74) is 3.72. The van der Waals surface area contributed by atoms with Gasteiger partial charge in [0.15, 0.2) is 0 Å². The Bertz CT molecular complexity index is 422. The van der Waals surface area contributed by atoms with E-state index in [0.29, 0.717) is 11.8 Å². The number of nitrogens with two attached hydrogens (primary N) is 1. The van der Waals surface area contributed by atoms with Crippen LogP contribution in [-0.2, 0) is 6.42 Å². The first-order chi connectivity index (χ1) is 8.56. The van der Waals surface area contributed by atoms with Gasteiger partial charge in [0.25, 0.3) is 0 Å². The average Bonchev–Trinajstić information content (AvgIpc) is 2.69. The van der Waals surface area contributed by atoms with Crippen molar-refractivity contribution in [3.05, 3.63) is 11.4 Å². The first-order valence-corrected chi connectivity index (χ1v) is 6.65. The van der Waals surface area contributed by atoms with Crippen LogP contribution in [0.1, 0.15) is 32.2 Å². The maximum absolute atomic E-state index is 5.54. The normalized spacial score (nSPS) is 23.5. The van der Waals surface area contributed by atoms with Crippen LogP contribution < -0.4 is 16.2 Å². The molecule has 0 radical (unpaired) electrons. The molecule has 2 unspecified atom stereocenters. The second kappa shape index (κ2) is 5.10. The lowest BCUT2D eigenvalue weighted by Crippen LogP contribution is -2.24. The summed E-state index contributed by atoms with van der Waals surface area (Å²) in [5.74, 6) is 9.57. The smallest absolute Gasteiger partial charge is 0.148 e. The van der Waals surface area contributed by atoms with E-state index in [0.717, 1.165) is 42.5 Å². The summed E-state index contributed by atoms with van der Waals surface area (Å²) < 4.78 is 0. The molecule has 1 aromatic heterocycles. The maximum atomic E-state index is 5.54. The molecule has 0 aliphatic carbocycles. The summed E-state index contributed by atoms with van der Waals surface area (Å²) >= 11 is 0. The van der Waals surface area contributed by atoms with Gasteiger partial charge in [0.05, 0.1) is 0 Å². The van der Waals surface area contributed by atoms with Gasteiger partial charge in [-0.1, -0.05) is 20.8 Å². The lowest BCUT2D eigenvalue weighted by molar-refractivity contribution is 0.494. The van der Waals surface area contributed by atoms with Crippen LogP contribution in [0.5, 0.6) is 0 Å². The summed E-state index contributed by atoms with van der Waals surface area (Å²) in [6, 6.07) is 0. The van der Waals surface area contributed by atoms with E-state index >= 15 is 0 Å². The lowest BCUT2D eigenvalue weighted by atomic mass is 10.0. The molecule has 1 fully saturated rings. The molecule has 0 spiro atoms. The van der Waals surface area contributed by atoms with Gasteiger partial charge < -0.3 is 10.3 Å². The topological polar surface area (TPSA) is 67.1 Å². The van der Waals surface area contributed by atoms with Gasteiger partial charge in [-0.05, 0) is 18.8 Å². The molecule has 1 saturated heterocycles. The molecule has 0 amide bonds. The number of hydrogen-bond donors (Lipinski definition) is 2. The van der Waals surface area contributed by atoms with Crippen molar-refractivity contribution in [2.24, 2.45) is 17.7 Å². The zero-order valence-corrected chi connectivity index (χ0v) is 11.7. The van der Waals surface area contributed by atoms with Crippen LogP contribution in [0.25, 0.3) is 0 Å². The minimum absolute atomic E-state index is 0.707. The Morgan fingerprint density at radius 3 is 2.39 bits per heavy atom. The number of rotatable bonds is 3. The van der Waals surface area contributed by atoms with Gasteiger partial charge in [-0.15, -0.1) is 0 Å². The highest BCUT2D eigenvalue weighted by Crippen LogP contribution is 2.30. The number of nitrogens with one attached hydrogen (secondary N) is 1. The Kier molecular flexibility index (Phi) is 3.71. The zero-order chi connectivity index (χ0) is 13.3. The minimum Gasteiger partial charge on any atom is -0.356 e. The third-order valence-electron chi connectivity index (χ3n) is 3.91. The highest BCUT2D eigenvalue weighted by molar-refractivity contribution is 5.58. The van der Waals surface area contributed by atoms with Crippen molar-refractivity contribution in [2.45, 2.75) is 34.1 Å². The summed E-state index contributed by atoms with van der Waals surface area (Å²) in [6.07, 6.45) is 0.820. The van der Waals surface area contributed by atoms with E-state index in [1.807, 2.05) is 6.92 Å². The molecular formula is C13H23N5. The molecule has 0 saturated carbocycles. The average molecular weight is 249 g/mol. The summed E-state index contributed by atoms with van der Waals surface area (Å²) in [4.78, 5) is 11.4. The Hall–Kier alpha value is -1.36. The predicted octanol–water partition coefficient (Wildman–Crippen LogP) is 1.73. The van der Waals surface area contributed by atoms with E-state index in [1.165, 1.54) is 0 Å². The highest BCUT2D eigenvalue weighted by Gasteiger charge is 2.28. The fourth-order valence-electron chi connectivity index (χ4n) is 2.46. The number of aromatic nitrogens is 2. The first-order valence-electron chi connectivity index (χ1n) is 6.65. The van der Waals surface area contributed by atoms with Crippen molar-refractivity contribution in [2.75, 3.05) is 23.4 Å². The molecule has 3 N–H and O–H groups in total. The molecule has 2 atom stereocenters. The van der Waals surface area contributed by atoms with Gasteiger partial charge in [-0.25, -0.2) is 15.8 Å². The summed E-state index contributed by atoms with van der Waals surface area (Å²) in [7, 11) is 0. The summed E-state index contributed by atoms with van der Waals surface area (Å²) in [6.45, 7) is 10.8. The molecule has 2 rings (SSSR count). The zero-order valence-electron chi connectivity index (χ0n) is 11.7. The Morgan fingerprint density at radius 2 is 1.89 bits per heavy atom. The molecule has 5 heteroatoms. The predicted molar refractivity (Wildman–Crippen MR) is 74.5 cm³/mol. The molecule has 1 aliphatic rings. The monoisotopic (exact) mass is 249 g/mol. The van der Waals surface area contributed by atoms with Crippen molar-refractivity contribution >= 4 is 11.6 Å². The molecule has 100 valence electrons. The van der Waals surface area contributed by atoms with Crippen LogP contribution in [0.3, 0.4) is 0 Å². The van der Waals surface area contributed by atoms with Gasteiger partial charge in [-0.2, -0.15) is 0 Å². The van der Waals surface area contributed by atoms with Crippen LogP contribution >= 0.6 is 0 Å².